The van der Waals surface area contributed by atoms with Gasteiger partial charge in [-0.05, 0) is 24.3 Å². The molecule has 106 valence electrons. The van der Waals surface area contributed by atoms with Gasteiger partial charge in [0, 0.05) is 12.8 Å². The standard InChI is InChI=1S/C12H14F3NO3/c1-18-6-7-19-8-11(17)16-10-4-2-9(3-5-10)12(13,14)15/h2-5H,6-8H2,1H3,(H,16,17). The summed E-state index contributed by atoms with van der Waals surface area (Å²) in [5, 5.41) is 2.43. The van der Waals surface area contributed by atoms with Crippen molar-refractivity contribution >= 4 is 11.6 Å². The number of carbonyl (C=O) groups is 1. The number of benzene rings is 1. The van der Waals surface area contributed by atoms with Gasteiger partial charge < -0.3 is 14.8 Å². The number of rotatable bonds is 6. The van der Waals surface area contributed by atoms with Crippen molar-refractivity contribution in [2.75, 3.05) is 32.2 Å². The van der Waals surface area contributed by atoms with E-state index in [1.165, 1.54) is 19.2 Å². The van der Waals surface area contributed by atoms with Crippen molar-refractivity contribution in [1.82, 2.24) is 0 Å². The van der Waals surface area contributed by atoms with Gasteiger partial charge >= 0.3 is 6.18 Å². The topological polar surface area (TPSA) is 47.6 Å². The minimum atomic E-state index is -4.38. The fourth-order valence-electron chi connectivity index (χ4n) is 1.25. The normalized spacial score (nSPS) is 11.4. The number of hydrogen-bond donors (Lipinski definition) is 1. The van der Waals surface area contributed by atoms with Gasteiger partial charge in [0.2, 0.25) is 5.91 Å². The summed E-state index contributed by atoms with van der Waals surface area (Å²) in [4.78, 5) is 11.4. The highest BCUT2D eigenvalue weighted by atomic mass is 19.4. The molecule has 0 aliphatic carbocycles. The van der Waals surface area contributed by atoms with Gasteiger partial charge in [-0.1, -0.05) is 0 Å². The summed E-state index contributed by atoms with van der Waals surface area (Å²) in [5.74, 6) is -0.434. The van der Waals surface area contributed by atoms with Crippen LogP contribution in [0.3, 0.4) is 0 Å². The van der Waals surface area contributed by atoms with E-state index in [0.29, 0.717) is 6.61 Å². The number of amides is 1. The van der Waals surface area contributed by atoms with Gasteiger partial charge in [-0.3, -0.25) is 4.79 Å². The third-order valence-corrected chi connectivity index (χ3v) is 2.16. The monoisotopic (exact) mass is 277 g/mol. The molecule has 1 N–H and O–H groups in total. The molecule has 0 saturated heterocycles. The van der Waals surface area contributed by atoms with E-state index < -0.39 is 17.6 Å². The maximum atomic E-state index is 12.3. The molecule has 1 amide bonds. The lowest BCUT2D eigenvalue weighted by Gasteiger charge is -2.09. The summed E-state index contributed by atoms with van der Waals surface area (Å²) in [6, 6.07) is 4.19. The Balaban J connectivity index is 2.43. The zero-order chi connectivity index (χ0) is 14.3. The Hall–Kier alpha value is -1.60. The van der Waals surface area contributed by atoms with Gasteiger partial charge in [0.25, 0.3) is 0 Å². The summed E-state index contributed by atoms with van der Waals surface area (Å²) in [5.41, 5.74) is -0.477. The lowest BCUT2D eigenvalue weighted by Crippen LogP contribution is -2.19. The fraction of sp³-hybridized carbons (Fsp3) is 0.417. The van der Waals surface area contributed by atoms with E-state index in [4.69, 9.17) is 9.47 Å². The number of carbonyl (C=O) groups excluding carboxylic acids is 1. The minimum absolute atomic E-state index is 0.176. The van der Waals surface area contributed by atoms with E-state index in [1.807, 2.05) is 0 Å². The van der Waals surface area contributed by atoms with E-state index in [1.54, 1.807) is 0 Å². The summed E-state index contributed by atoms with van der Waals surface area (Å²) in [7, 11) is 1.51. The molecule has 0 saturated carbocycles. The van der Waals surface area contributed by atoms with Crippen LogP contribution in [-0.4, -0.2) is 32.8 Å². The number of halogens is 3. The Bertz CT molecular complexity index is 404. The first-order valence-corrected chi connectivity index (χ1v) is 5.47. The van der Waals surface area contributed by atoms with Crippen LogP contribution < -0.4 is 5.32 Å². The zero-order valence-electron chi connectivity index (χ0n) is 10.3. The van der Waals surface area contributed by atoms with Crippen molar-refractivity contribution in [2.24, 2.45) is 0 Å². The van der Waals surface area contributed by atoms with Crippen LogP contribution in [0.1, 0.15) is 5.56 Å². The van der Waals surface area contributed by atoms with Crippen LogP contribution in [0.5, 0.6) is 0 Å². The molecule has 1 aromatic carbocycles. The third kappa shape index (κ3) is 5.71. The molecule has 0 atom stereocenters. The predicted octanol–water partition coefficient (Wildman–Crippen LogP) is 2.31. The molecule has 0 aliphatic heterocycles. The van der Waals surface area contributed by atoms with Crippen LogP contribution in [0.4, 0.5) is 18.9 Å². The molecule has 1 rings (SSSR count). The Morgan fingerprint density at radius 3 is 2.37 bits per heavy atom. The Kier molecular flexibility index (Phi) is 5.78. The smallest absolute Gasteiger partial charge is 0.382 e. The second-order valence-electron chi connectivity index (χ2n) is 3.67. The van der Waals surface area contributed by atoms with E-state index in [9.17, 15) is 18.0 Å². The van der Waals surface area contributed by atoms with Crippen LogP contribution in [0.2, 0.25) is 0 Å². The van der Waals surface area contributed by atoms with Gasteiger partial charge in [-0.25, -0.2) is 0 Å². The molecule has 0 fully saturated rings. The molecule has 0 aliphatic rings. The van der Waals surface area contributed by atoms with E-state index in [0.717, 1.165) is 12.1 Å². The van der Waals surface area contributed by atoms with Gasteiger partial charge in [0.15, 0.2) is 0 Å². The third-order valence-electron chi connectivity index (χ3n) is 2.16. The predicted molar refractivity (Wildman–Crippen MR) is 62.8 cm³/mol. The van der Waals surface area contributed by atoms with E-state index in [-0.39, 0.29) is 18.9 Å². The molecule has 19 heavy (non-hydrogen) atoms. The number of methoxy groups -OCH3 is 1. The van der Waals surface area contributed by atoms with Crippen molar-refractivity contribution in [3.8, 4) is 0 Å². The average Bonchev–Trinajstić information content (AvgIpc) is 2.34. The second kappa shape index (κ2) is 7.10. The SMILES string of the molecule is COCCOCC(=O)Nc1ccc(C(F)(F)F)cc1. The van der Waals surface area contributed by atoms with Crippen molar-refractivity contribution in [2.45, 2.75) is 6.18 Å². The average molecular weight is 277 g/mol. The van der Waals surface area contributed by atoms with Crippen LogP contribution in [0.25, 0.3) is 0 Å². The van der Waals surface area contributed by atoms with Crippen LogP contribution in [0, 0.1) is 0 Å². The molecule has 0 radical (unpaired) electrons. The molecular weight excluding hydrogens is 263 g/mol. The Morgan fingerprint density at radius 2 is 1.84 bits per heavy atom. The number of nitrogens with one attached hydrogen (secondary N) is 1. The van der Waals surface area contributed by atoms with Crippen LogP contribution in [0.15, 0.2) is 24.3 Å². The van der Waals surface area contributed by atoms with E-state index in [2.05, 4.69) is 5.32 Å². The summed E-state index contributed by atoms with van der Waals surface area (Å²) < 4.78 is 46.6. The fourth-order valence-corrected chi connectivity index (χ4v) is 1.25. The van der Waals surface area contributed by atoms with Gasteiger partial charge in [-0.2, -0.15) is 13.2 Å². The quantitative estimate of drug-likeness (QED) is 0.812. The number of hydrogen-bond acceptors (Lipinski definition) is 3. The zero-order valence-corrected chi connectivity index (χ0v) is 10.3. The summed E-state index contributed by atoms with van der Waals surface area (Å²) in [6.45, 7) is 0.467. The maximum Gasteiger partial charge on any atom is 0.416 e. The largest absolute Gasteiger partial charge is 0.416 e. The highest BCUT2D eigenvalue weighted by Gasteiger charge is 2.29. The number of anilines is 1. The number of ether oxygens (including phenoxy) is 2. The first-order chi connectivity index (χ1) is 8.93. The second-order valence-corrected chi connectivity index (χ2v) is 3.67. The molecule has 1 aromatic rings. The maximum absolute atomic E-state index is 12.3. The molecular formula is C12H14F3NO3. The molecule has 0 spiro atoms. The highest BCUT2D eigenvalue weighted by Crippen LogP contribution is 2.29. The lowest BCUT2D eigenvalue weighted by atomic mass is 10.2. The van der Waals surface area contributed by atoms with Crippen molar-refractivity contribution in [3.05, 3.63) is 29.8 Å². The number of alkyl halides is 3. The van der Waals surface area contributed by atoms with E-state index >= 15 is 0 Å². The van der Waals surface area contributed by atoms with Crippen LogP contribution >= 0.6 is 0 Å². The molecule has 0 heterocycles. The summed E-state index contributed by atoms with van der Waals surface area (Å²) in [6.07, 6.45) is -4.38. The van der Waals surface area contributed by atoms with Crippen LogP contribution in [-0.2, 0) is 20.4 Å². The van der Waals surface area contributed by atoms with Gasteiger partial charge in [0.05, 0.1) is 18.8 Å². The first kappa shape index (κ1) is 15.5. The lowest BCUT2D eigenvalue weighted by molar-refractivity contribution is -0.137. The Morgan fingerprint density at radius 1 is 1.21 bits per heavy atom. The molecule has 0 unspecified atom stereocenters. The minimum Gasteiger partial charge on any atom is -0.382 e. The van der Waals surface area contributed by atoms with Crippen molar-refractivity contribution in [3.63, 3.8) is 0 Å². The Labute approximate surface area is 108 Å². The van der Waals surface area contributed by atoms with Gasteiger partial charge in [0.1, 0.15) is 6.61 Å². The molecule has 4 nitrogen and oxygen atoms in total. The van der Waals surface area contributed by atoms with Crippen molar-refractivity contribution < 1.29 is 27.4 Å². The highest BCUT2D eigenvalue weighted by molar-refractivity contribution is 5.91. The van der Waals surface area contributed by atoms with Crippen molar-refractivity contribution in [1.29, 1.82) is 0 Å². The molecule has 0 bridgehead atoms. The molecule has 0 aromatic heterocycles. The molecule has 7 heteroatoms. The first-order valence-electron chi connectivity index (χ1n) is 5.47. The van der Waals surface area contributed by atoms with Gasteiger partial charge in [-0.15, -0.1) is 0 Å². The summed E-state index contributed by atoms with van der Waals surface area (Å²) >= 11 is 0.